The molecule has 0 aliphatic heterocycles. The summed E-state index contributed by atoms with van der Waals surface area (Å²) in [6.07, 6.45) is 3.61. The molecule has 1 heterocycles. The summed E-state index contributed by atoms with van der Waals surface area (Å²) >= 11 is 3.31. The molecule has 0 aromatic carbocycles. The number of hydrogen-bond acceptors (Lipinski definition) is 2. The number of nitriles is 1. The molecule has 0 amide bonds. The molecule has 1 atom stereocenters. The molecule has 0 bridgehead atoms. The molecule has 1 aromatic heterocycles. The molecule has 0 aliphatic rings. The van der Waals surface area contributed by atoms with E-state index in [1.54, 1.807) is 10.9 Å². The fraction of sp³-hybridized carbons (Fsp3) is 0.556. The van der Waals surface area contributed by atoms with Gasteiger partial charge in [0, 0.05) is 6.20 Å². The van der Waals surface area contributed by atoms with Crippen molar-refractivity contribution in [2.24, 2.45) is 11.8 Å². The lowest BCUT2D eigenvalue weighted by molar-refractivity contribution is 0.395. The molecular formula is C9H12BrN3. The molecule has 3 nitrogen and oxygen atoms in total. The standard InChI is InChI=1S/C9H12BrN3/c1-7(2)8(3-11)5-13-6-9(10)4-12-13/h4,6-8H,5H2,1-2H3. The van der Waals surface area contributed by atoms with Gasteiger partial charge in [-0.2, -0.15) is 10.4 Å². The highest BCUT2D eigenvalue weighted by Crippen LogP contribution is 2.13. The van der Waals surface area contributed by atoms with Gasteiger partial charge in [0.1, 0.15) is 0 Å². The van der Waals surface area contributed by atoms with Crippen molar-refractivity contribution in [2.75, 3.05) is 0 Å². The van der Waals surface area contributed by atoms with E-state index in [1.807, 2.05) is 20.0 Å². The first-order valence-corrected chi connectivity index (χ1v) is 5.00. The van der Waals surface area contributed by atoms with E-state index in [1.165, 1.54) is 0 Å². The van der Waals surface area contributed by atoms with Crippen LogP contribution in [-0.4, -0.2) is 9.78 Å². The summed E-state index contributed by atoms with van der Waals surface area (Å²) in [6, 6.07) is 2.28. The van der Waals surface area contributed by atoms with Gasteiger partial charge in [-0.1, -0.05) is 13.8 Å². The molecule has 4 heteroatoms. The molecular weight excluding hydrogens is 230 g/mol. The lowest BCUT2D eigenvalue weighted by Gasteiger charge is -2.12. The van der Waals surface area contributed by atoms with Gasteiger partial charge >= 0.3 is 0 Å². The van der Waals surface area contributed by atoms with Crippen molar-refractivity contribution in [1.29, 1.82) is 5.26 Å². The number of rotatable bonds is 3. The zero-order valence-corrected chi connectivity index (χ0v) is 9.32. The van der Waals surface area contributed by atoms with E-state index in [0.29, 0.717) is 12.5 Å². The Labute approximate surface area is 86.5 Å². The predicted molar refractivity (Wildman–Crippen MR) is 53.9 cm³/mol. The van der Waals surface area contributed by atoms with Crippen LogP contribution in [0.2, 0.25) is 0 Å². The van der Waals surface area contributed by atoms with Gasteiger partial charge in [0.2, 0.25) is 0 Å². The minimum Gasteiger partial charge on any atom is -0.270 e. The molecule has 0 fully saturated rings. The molecule has 1 aromatic rings. The van der Waals surface area contributed by atoms with E-state index in [4.69, 9.17) is 5.26 Å². The van der Waals surface area contributed by atoms with E-state index in [0.717, 1.165) is 4.47 Å². The Morgan fingerprint density at radius 2 is 2.38 bits per heavy atom. The normalized spacial score (nSPS) is 12.8. The number of aromatic nitrogens is 2. The Kier molecular flexibility index (Phi) is 3.49. The highest BCUT2D eigenvalue weighted by molar-refractivity contribution is 9.10. The predicted octanol–water partition coefficient (Wildman–Crippen LogP) is 2.44. The molecule has 1 rings (SSSR count). The lowest BCUT2D eigenvalue weighted by atomic mass is 9.98. The van der Waals surface area contributed by atoms with Crippen LogP contribution in [-0.2, 0) is 6.54 Å². The third kappa shape index (κ3) is 2.85. The van der Waals surface area contributed by atoms with Crippen LogP contribution in [0.15, 0.2) is 16.9 Å². The molecule has 13 heavy (non-hydrogen) atoms. The van der Waals surface area contributed by atoms with Crippen molar-refractivity contribution in [3.63, 3.8) is 0 Å². The van der Waals surface area contributed by atoms with Gasteiger partial charge in [0.15, 0.2) is 0 Å². The summed E-state index contributed by atoms with van der Waals surface area (Å²) in [6.45, 7) is 4.76. The maximum atomic E-state index is 8.86. The quantitative estimate of drug-likeness (QED) is 0.816. The Hall–Kier alpha value is -0.820. The van der Waals surface area contributed by atoms with Crippen molar-refractivity contribution in [2.45, 2.75) is 20.4 Å². The smallest absolute Gasteiger partial charge is 0.0682 e. The van der Waals surface area contributed by atoms with Crippen LogP contribution in [0.4, 0.5) is 0 Å². The maximum absolute atomic E-state index is 8.86. The highest BCUT2D eigenvalue weighted by Gasteiger charge is 2.13. The molecule has 0 spiro atoms. The minimum atomic E-state index is 0.0341. The molecule has 0 aliphatic carbocycles. The van der Waals surface area contributed by atoms with E-state index in [-0.39, 0.29) is 5.92 Å². The third-order valence-corrected chi connectivity index (χ3v) is 2.37. The van der Waals surface area contributed by atoms with Gasteiger partial charge in [-0.3, -0.25) is 4.68 Å². The van der Waals surface area contributed by atoms with Crippen LogP contribution in [0.5, 0.6) is 0 Å². The molecule has 0 radical (unpaired) electrons. The van der Waals surface area contributed by atoms with Crippen LogP contribution in [0.25, 0.3) is 0 Å². The Morgan fingerprint density at radius 3 is 2.77 bits per heavy atom. The van der Waals surface area contributed by atoms with Crippen LogP contribution in [0, 0.1) is 23.2 Å². The fourth-order valence-corrected chi connectivity index (χ4v) is 1.37. The van der Waals surface area contributed by atoms with E-state index >= 15 is 0 Å². The van der Waals surface area contributed by atoms with E-state index in [9.17, 15) is 0 Å². The third-order valence-electron chi connectivity index (χ3n) is 1.96. The summed E-state index contributed by atoms with van der Waals surface area (Å²) < 4.78 is 2.74. The van der Waals surface area contributed by atoms with Gasteiger partial charge in [-0.15, -0.1) is 0 Å². The molecule has 0 saturated carbocycles. The van der Waals surface area contributed by atoms with Crippen molar-refractivity contribution >= 4 is 15.9 Å². The average Bonchev–Trinajstić information content (AvgIpc) is 2.46. The first kappa shape index (κ1) is 10.3. The average molecular weight is 242 g/mol. The van der Waals surface area contributed by atoms with Crippen LogP contribution >= 0.6 is 15.9 Å². The van der Waals surface area contributed by atoms with Gasteiger partial charge < -0.3 is 0 Å². The number of nitrogens with zero attached hydrogens (tertiary/aromatic N) is 3. The monoisotopic (exact) mass is 241 g/mol. The Bertz CT molecular complexity index is 311. The molecule has 0 saturated heterocycles. The summed E-state index contributed by atoms with van der Waals surface area (Å²) in [5.41, 5.74) is 0. The van der Waals surface area contributed by atoms with Crippen molar-refractivity contribution in [1.82, 2.24) is 9.78 Å². The van der Waals surface area contributed by atoms with Crippen LogP contribution in [0.1, 0.15) is 13.8 Å². The molecule has 70 valence electrons. The van der Waals surface area contributed by atoms with Crippen molar-refractivity contribution in [3.8, 4) is 6.07 Å². The highest BCUT2D eigenvalue weighted by atomic mass is 79.9. The Balaban J connectivity index is 2.63. The summed E-state index contributed by atoms with van der Waals surface area (Å²) in [5, 5.41) is 13.0. The summed E-state index contributed by atoms with van der Waals surface area (Å²) in [5.74, 6) is 0.403. The van der Waals surface area contributed by atoms with Gasteiger partial charge in [-0.05, 0) is 21.8 Å². The first-order chi connectivity index (χ1) is 6.13. The van der Waals surface area contributed by atoms with Crippen LogP contribution < -0.4 is 0 Å². The number of hydrogen-bond donors (Lipinski definition) is 0. The molecule has 0 N–H and O–H groups in total. The summed E-state index contributed by atoms with van der Waals surface area (Å²) in [4.78, 5) is 0. The van der Waals surface area contributed by atoms with Crippen LogP contribution in [0.3, 0.4) is 0 Å². The lowest BCUT2D eigenvalue weighted by Crippen LogP contribution is -2.14. The second-order valence-corrected chi connectivity index (χ2v) is 4.28. The fourth-order valence-electron chi connectivity index (χ4n) is 1.04. The first-order valence-electron chi connectivity index (χ1n) is 4.21. The van der Waals surface area contributed by atoms with E-state index < -0.39 is 0 Å². The van der Waals surface area contributed by atoms with Gasteiger partial charge in [0.25, 0.3) is 0 Å². The second-order valence-electron chi connectivity index (χ2n) is 3.36. The largest absolute Gasteiger partial charge is 0.270 e. The topological polar surface area (TPSA) is 41.6 Å². The Morgan fingerprint density at radius 1 is 1.69 bits per heavy atom. The van der Waals surface area contributed by atoms with Gasteiger partial charge in [0.05, 0.1) is 29.2 Å². The molecule has 1 unspecified atom stereocenters. The summed E-state index contributed by atoms with van der Waals surface area (Å²) in [7, 11) is 0. The van der Waals surface area contributed by atoms with E-state index in [2.05, 4.69) is 27.1 Å². The van der Waals surface area contributed by atoms with Crippen molar-refractivity contribution in [3.05, 3.63) is 16.9 Å². The zero-order chi connectivity index (χ0) is 9.84. The minimum absolute atomic E-state index is 0.0341. The van der Waals surface area contributed by atoms with Gasteiger partial charge in [-0.25, -0.2) is 0 Å². The second kappa shape index (κ2) is 4.43. The zero-order valence-electron chi connectivity index (χ0n) is 7.74. The number of halogens is 1. The SMILES string of the molecule is CC(C)C(C#N)Cn1cc(Br)cn1. The maximum Gasteiger partial charge on any atom is 0.0682 e. The van der Waals surface area contributed by atoms with Crippen molar-refractivity contribution < 1.29 is 0 Å².